The Labute approximate surface area is 122 Å². The van der Waals surface area contributed by atoms with Crippen LogP contribution in [0, 0.1) is 0 Å². The number of rotatable bonds is 5. The van der Waals surface area contributed by atoms with E-state index in [9.17, 15) is 19.5 Å². The van der Waals surface area contributed by atoms with Crippen molar-refractivity contribution in [3.8, 4) is 0 Å². The lowest BCUT2D eigenvalue weighted by Crippen LogP contribution is -2.52. The number of carbonyl (C=O) groups excluding carboxylic acids is 2. The molecule has 1 aliphatic carbocycles. The van der Waals surface area contributed by atoms with Crippen LogP contribution < -0.4 is 10.6 Å². The van der Waals surface area contributed by atoms with E-state index in [2.05, 4.69) is 15.4 Å². The van der Waals surface area contributed by atoms with Crippen LogP contribution in [0.2, 0.25) is 0 Å². The molecule has 8 heteroatoms. The molecule has 0 saturated heterocycles. The van der Waals surface area contributed by atoms with Gasteiger partial charge in [-0.2, -0.15) is 0 Å². The van der Waals surface area contributed by atoms with Gasteiger partial charge < -0.3 is 25.6 Å². The van der Waals surface area contributed by atoms with Crippen LogP contribution >= 0.6 is 0 Å². The Bertz CT molecular complexity index is 387. The fraction of sp³-hybridized carbons (Fsp3) is 0.769. The van der Waals surface area contributed by atoms with Crippen LogP contribution in [0.25, 0.3) is 0 Å². The van der Waals surface area contributed by atoms with E-state index < -0.39 is 42.6 Å². The number of methoxy groups -OCH3 is 1. The molecule has 1 aliphatic rings. The predicted octanol–water partition coefficient (Wildman–Crippen LogP) is -0.00450. The normalized spacial score (nSPS) is 23.5. The number of aliphatic hydroxyl groups excluding tert-OH is 1. The zero-order valence-electron chi connectivity index (χ0n) is 12.0. The highest BCUT2D eigenvalue weighted by Gasteiger charge is 2.27. The Kier molecular flexibility index (Phi) is 6.93. The maximum Gasteiger partial charge on any atom is 0.326 e. The van der Waals surface area contributed by atoms with Crippen molar-refractivity contribution in [1.29, 1.82) is 0 Å². The molecule has 21 heavy (non-hydrogen) atoms. The van der Waals surface area contributed by atoms with Gasteiger partial charge in [-0.3, -0.25) is 4.79 Å². The molecule has 120 valence electrons. The van der Waals surface area contributed by atoms with Gasteiger partial charge in [0.1, 0.15) is 6.04 Å². The highest BCUT2D eigenvalue weighted by molar-refractivity contribution is 5.86. The predicted molar refractivity (Wildman–Crippen MR) is 72.6 cm³/mol. The number of hydrogen-bond acceptors (Lipinski definition) is 5. The average Bonchev–Trinajstić information content (AvgIpc) is 2.63. The average molecular weight is 302 g/mol. The van der Waals surface area contributed by atoms with E-state index in [1.54, 1.807) is 0 Å². The maximum atomic E-state index is 11.8. The minimum Gasteiger partial charge on any atom is -0.480 e. The van der Waals surface area contributed by atoms with Gasteiger partial charge in [-0.05, 0) is 12.8 Å². The van der Waals surface area contributed by atoms with Gasteiger partial charge in [0.15, 0.2) is 0 Å². The summed E-state index contributed by atoms with van der Waals surface area (Å²) in [5, 5.41) is 23.6. The topological polar surface area (TPSA) is 125 Å². The second kappa shape index (κ2) is 8.46. The van der Waals surface area contributed by atoms with Crippen LogP contribution in [0.3, 0.4) is 0 Å². The van der Waals surface area contributed by atoms with E-state index in [-0.39, 0.29) is 0 Å². The number of amides is 2. The number of carboxylic acid groups (broad SMARTS) is 1. The van der Waals surface area contributed by atoms with Crippen molar-refractivity contribution in [3.63, 3.8) is 0 Å². The zero-order valence-corrected chi connectivity index (χ0v) is 12.0. The second-order valence-electron chi connectivity index (χ2n) is 5.10. The van der Waals surface area contributed by atoms with Gasteiger partial charge in [0, 0.05) is 0 Å². The van der Waals surface area contributed by atoms with Crippen molar-refractivity contribution < 1.29 is 29.3 Å². The highest BCUT2D eigenvalue weighted by Crippen LogP contribution is 2.17. The van der Waals surface area contributed by atoms with Crippen molar-refractivity contribution in [2.45, 2.75) is 56.7 Å². The fourth-order valence-electron chi connectivity index (χ4n) is 2.27. The summed E-state index contributed by atoms with van der Waals surface area (Å²) in [6.45, 7) is 0. The molecule has 8 nitrogen and oxygen atoms in total. The molecule has 0 heterocycles. The zero-order chi connectivity index (χ0) is 15.8. The van der Waals surface area contributed by atoms with Gasteiger partial charge in [0.25, 0.3) is 0 Å². The molecule has 0 spiro atoms. The van der Waals surface area contributed by atoms with Crippen LogP contribution in [0.4, 0.5) is 4.79 Å². The van der Waals surface area contributed by atoms with Gasteiger partial charge >= 0.3 is 18.0 Å². The minimum absolute atomic E-state index is 0.403. The lowest BCUT2D eigenvalue weighted by Gasteiger charge is -2.23. The number of carbonyl (C=O) groups is 3. The van der Waals surface area contributed by atoms with Gasteiger partial charge in [0.05, 0.1) is 25.7 Å². The monoisotopic (exact) mass is 302 g/mol. The molecule has 0 aromatic heterocycles. The minimum atomic E-state index is -1.36. The largest absolute Gasteiger partial charge is 0.480 e. The lowest BCUT2D eigenvalue weighted by atomic mass is 10.1. The van der Waals surface area contributed by atoms with E-state index in [4.69, 9.17) is 5.11 Å². The van der Waals surface area contributed by atoms with Gasteiger partial charge in [-0.1, -0.05) is 19.3 Å². The van der Waals surface area contributed by atoms with Crippen molar-refractivity contribution in [1.82, 2.24) is 10.6 Å². The van der Waals surface area contributed by atoms with Crippen molar-refractivity contribution in [2.75, 3.05) is 7.11 Å². The first-order valence-electron chi connectivity index (χ1n) is 6.98. The Morgan fingerprint density at radius 2 is 1.90 bits per heavy atom. The molecule has 4 N–H and O–H groups in total. The van der Waals surface area contributed by atoms with Crippen LogP contribution in [-0.4, -0.2) is 53.5 Å². The first-order valence-corrected chi connectivity index (χ1v) is 6.98. The molecule has 0 bridgehead atoms. The van der Waals surface area contributed by atoms with Crippen LogP contribution in [-0.2, 0) is 14.3 Å². The number of aliphatic carboxylic acids is 1. The molecule has 2 amide bonds. The van der Waals surface area contributed by atoms with E-state index in [1.165, 1.54) is 0 Å². The number of nitrogens with one attached hydrogen (secondary N) is 2. The summed E-state index contributed by atoms with van der Waals surface area (Å²) in [7, 11) is 1.14. The van der Waals surface area contributed by atoms with Gasteiger partial charge in [0.2, 0.25) is 0 Å². The first kappa shape index (κ1) is 17.2. The number of hydrogen-bond donors (Lipinski definition) is 4. The highest BCUT2D eigenvalue weighted by atomic mass is 16.5. The third kappa shape index (κ3) is 5.99. The van der Waals surface area contributed by atoms with E-state index in [1.807, 2.05) is 0 Å². The van der Waals surface area contributed by atoms with E-state index in [0.717, 1.165) is 26.4 Å². The maximum absolute atomic E-state index is 11.8. The molecule has 3 atom stereocenters. The van der Waals surface area contributed by atoms with Crippen LogP contribution in [0.15, 0.2) is 0 Å². The summed E-state index contributed by atoms with van der Waals surface area (Å²) < 4.78 is 4.38. The number of urea groups is 1. The van der Waals surface area contributed by atoms with Crippen LogP contribution in [0.5, 0.6) is 0 Å². The Hall–Kier alpha value is -1.83. The van der Waals surface area contributed by atoms with Gasteiger partial charge in [-0.15, -0.1) is 0 Å². The summed E-state index contributed by atoms with van der Waals surface area (Å²) in [4.78, 5) is 33.9. The number of carboxylic acids is 1. The standard InChI is InChI=1S/C13H22N2O6/c1-21-11(17)7-9(12(18)19)15-13(20)14-8-5-3-2-4-6-10(8)16/h8-10,16H,2-7H2,1H3,(H,18,19)(H2,14,15,20)/t8?,9-,10?/m0/s1. The second-order valence-corrected chi connectivity index (χ2v) is 5.10. The van der Waals surface area contributed by atoms with E-state index >= 15 is 0 Å². The molecule has 1 saturated carbocycles. The number of aliphatic hydroxyl groups is 1. The number of esters is 1. The Balaban J connectivity index is 2.52. The summed E-state index contributed by atoms with van der Waals surface area (Å²) in [5.74, 6) is -2.05. The molecule has 0 aromatic rings. The molecule has 1 fully saturated rings. The SMILES string of the molecule is COC(=O)C[C@H](NC(=O)NC1CCCCCC1O)C(=O)O. The van der Waals surface area contributed by atoms with E-state index in [0.29, 0.717) is 12.8 Å². The fourth-order valence-corrected chi connectivity index (χ4v) is 2.27. The summed E-state index contributed by atoms with van der Waals surface area (Å²) in [6, 6.07) is -2.47. The molecule has 2 unspecified atom stereocenters. The molecule has 0 aromatic carbocycles. The lowest BCUT2D eigenvalue weighted by molar-refractivity contribution is -0.147. The van der Waals surface area contributed by atoms with Crippen molar-refractivity contribution >= 4 is 18.0 Å². The van der Waals surface area contributed by atoms with Crippen molar-refractivity contribution in [2.24, 2.45) is 0 Å². The Morgan fingerprint density at radius 3 is 2.52 bits per heavy atom. The smallest absolute Gasteiger partial charge is 0.326 e. The summed E-state index contributed by atoms with van der Waals surface area (Å²) in [5.41, 5.74) is 0. The third-order valence-electron chi connectivity index (χ3n) is 3.50. The quantitative estimate of drug-likeness (QED) is 0.418. The van der Waals surface area contributed by atoms with Crippen LogP contribution in [0.1, 0.15) is 38.5 Å². The molecular weight excluding hydrogens is 280 g/mol. The summed E-state index contributed by atoms with van der Waals surface area (Å²) >= 11 is 0. The number of ether oxygens (including phenoxy) is 1. The van der Waals surface area contributed by atoms with Gasteiger partial charge in [-0.25, -0.2) is 9.59 Å². The molecule has 1 rings (SSSR count). The van der Waals surface area contributed by atoms with Crippen molar-refractivity contribution in [3.05, 3.63) is 0 Å². The molecular formula is C13H22N2O6. The Morgan fingerprint density at radius 1 is 1.24 bits per heavy atom. The molecule has 0 radical (unpaired) electrons. The third-order valence-corrected chi connectivity index (χ3v) is 3.50. The molecule has 0 aliphatic heterocycles. The summed E-state index contributed by atoms with van der Waals surface area (Å²) in [6.07, 6.45) is 2.96. The first-order chi connectivity index (χ1) is 9.93.